The van der Waals surface area contributed by atoms with Crippen LogP contribution in [0.5, 0.6) is 0 Å². The van der Waals surface area contributed by atoms with E-state index in [9.17, 15) is 4.79 Å². The summed E-state index contributed by atoms with van der Waals surface area (Å²) in [5, 5.41) is 0. The van der Waals surface area contributed by atoms with Crippen molar-refractivity contribution in [2.45, 2.75) is 60.8 Å². The number of rotatable bonds is 8. The average Bonchev–Trinajstić information content (AvgIpc) is 3.21. The van der Waals surface area contributed by atoms with Gasteiger partial charge < -0.3 is 9.30 Å². The standard InChI is InChI=1S/C25H31N5O.C2H6/c1-5-11-28(12-9-18(3)6-2)21-7-8-23-27-22(15-25(31)30(23)17-21)20-10-13-29-16-19(4)26-24(29)14-20;1-2/h7-8,10,13-18H,5-6,9,11-12H2,1-4H3;1-2H3. The fourth-order valence-corrected chi connectivity index (χ4v) is 3.91. The molecule has 4 heterocycles. The van der Waals surface area contributed by atoms with Crippen LogP contribution in [0.2, 0.25) is 0 Å². The van der Waals surface area contributed by atoms with Crippen LogP contribution in [-0.2, 0) is 0 Å². The van der Waals surface area contributed by atoms with E-state index in [0.717, 1.165) is 48.5 Å². The van der Waals surface area contributed by atoms with Crippen LogP contribution in [0.1, 0.15) is 59.6 Å². The zero-order valence-corrected chi connectivity index (χ0v) is 20.9. The predicted molar refractivity (Wildman–Crippen MR) is 138 cm³/mol. The molecule has 1 atom stereocenters. The first-order chi connectivity index (χ1) is 16.0. The molecule has 0 saturated carbocycles. The Morgan fingerprint density at radius 1 is 1.00 bits per heavy atom. The van der Waals surface area contributed by atoms with Gasteiger partial charge in [-0.3, -0.25) is 9.20 Å². The Morgan fingerprint density at radius 3 is 2.52 bits per heavy atom. The minimum absolute atomic E-state index is 0.0698. The fraction of sp³-hybridized carbons (Fsp3) is 0.444. The molecular weight excluding hydrogens is 410 g/mol. The van der Waals surface area contributed by atoms with E-state index < -0.39 is 0 Å². The highest BCUT2D eigenvalue weighted by molar-refractivity contribution is 5.66. The van der Waals surface area contributed by atoms with E-state index in [4.69, 9.17) is 4.98 Å². The molecule has 0 aliphatic rings. The number of aryl methyl sites for hydroxylation is 1. The first-order valence-electron chi connectivity index (χ1n) is 12.2. The van der Waals surface area contributed by atoms with Crippen molar-refractivity contribution >= 4 is 17.0 Å². The highest BCUT2D eigenvalue weighted by atomic mass is 16.1. The summed E-state index contributed by atoms with van der Waals surface area (Å²) in [5.74, 6) is 0.697. The molecule has 4 rings (SSSR count). The van der Waals surface area contributed by atoms with Gasteiger partial charge in [0, 0.05) is 43.3 Å². The maximum absolute atomic E-state index is 13.0. The number of hydrogen-bond acceptors (Lipinski definition) is 4. The SMILES string of the molecule is CC.CCCN(CCC(C)CC)c1ccc2nc(-c3ccn4cc(C)nc4c3)cc(=O)n2c1. The molecule has 0 aliphatic carbocycles. The smallest absolute Gasteiger partial charge is 0.258 e. The van der Waals surface area contributed by atoms with Gasteiger partial charge in [-0.2, -0.15) is 0 Å². The molecule has 0 bridgehead atoms. The van der Waals surface area contributed by atoms with Crippen molar-refractivity contribution in [2.24, 2.45) is 5.92 Å². The van der Waals surface area contributed by atoms with E-state index in [2.05, 4.69) is 36.7 Å². The maximum Gasteiger partial charge on any atom is 0.258 e. The molecule has 4 aromatic heterocycles. The van der Waals surface area contributed by atoms with Gasteiger partial charge in [-0.05, 0) is 49.9 Å². The van der Waals surface area contributed by atoms with E-state index in [-0.39, 0.29) is 5.56 Å². The van der Waals surface area contributed by atoms with Crippen LogP contribution in [0.15, 0.2) is 53.7 Å². The topological polar surface area (TPSA) is 54.9 Å². The molecule has 0 aromatic carbocycles. The summed E-state index contributed by atoms with van der Waals surface area (Å²) in [6.45, 7) is 14.7. The Balaban J connectivity index is 0.00000149. The quantitative estimate of drug-likeness (QED) is 0.333. The summed E-state index contributed by atoms with van der Waals surface area (Å²) in [7, 11) is 0. The van der Waals surface area contributed by atoms with Crippen LogP contribution in [0.25, 0.3) is 22.6 Å². The third-order valence-corrected chi connectivity index (χ3v) is 5.97. The molecule has 0 radical (unpaired) electrons. The number of nitrogens with zero attached hydrogens (tertiary/aromatic N) is 5. The highest BCUT2D eigenvalue weighted by Gasteiger charge is 2.11. The van der Waals surface area contributed by atoms with E-state index in [0.29, 0.717) is 17.3 Å². The molecule has 0 saturated heterocycles. The monoisotopic (exact) mass is 447 g/mol. The number of aromatic nitrogens is 4. The van der Waals surface area contributed by atoms with Gasteiger partial charge in [0.15, 0.2) is 0 Å². The number of imidazole rings is 1. The third-order valence-electron chi connectivity index (χ3n) is 5.97. The summed E-state index contributed by atoms with van der Waals surface area (Å²) in [4.78, 5) is 24.6. The molecule has 6 nitrogen and oxygen atoms in total. The Bertz CT molecular complexity index is 1260. The van der Waals surface area contributed by atoms with Crippen molar-refractivity contribution in [2.75, 3.05) is 18.0 Å². The number of fused-ring (bicyclic) bond motifs is 2. The van der Waals surface area contributed by atoms with Gasteiger partial charge in [0.1, 0.15) is 11.3 Å². The van der Waals surface area contributed by atoms with E-state index in [1.807, 2.05) is 62.0 Å². The number of pyridine rings is 2. The Kier molecular flexibility index (Phi) is 8.26. The molecule has 1 unspecified atom stereocenters. The van der Waals surface area contributed by atoms with Crippen molar-refractivity contribution in [1.29, 1.82) is 0 Å². The van der Waals surface area contributed by atoms with Crippen molar-refractivity contribution in [3.05, 3.63) is 65.0 Å². The van der Waals surface area contributed by atoms with Crippen LogP contribution < -0.4 is 10.5 Å². The Hall–Kier alpha value is -3.15. The number of hydrogen-bond donors (Lipinski definition) is 0. The van der Waals surface area contributed by atoms with Crippen molar-refractivity contribution in [3.63, 3.8) is 0 Å². The lowest BCUT2D eigenvalue weighted by atomic mass is 10.0. The third kappa shape index (κ3) is 5.62. The largest absolute Gasteiger partial charge is 0.370 e. The average molecular weight is 448 g/mol. The molecule has 0 aliphatic heterocycles. The molecule has 33 heavy (non-hydrogen) atoms. The summed E-state index contributed by atoms with van der Waals surface area (Å²) in [6, 6.07) is 9.58. The highest BCUT2D eigenvalue weighted by Crippen LogP contribution is 2.21. The van der Waals surface area contributed by atoms with Gasteiger partial charge in [-0.25, -0.2) is 9.97 Å². The van der Waals surface area contributed by atoms with Crippen molar-refractivity contribution < 1.29 is 0 Å². The number of anilines is 1. The van der Waals surface area contributed by atoms with Gasteiger partial charge in [-0.15, -0.1) is 0 Å². The molecule has 0 amide bonds. The second kappa shape index (κ2) is 11.1. The van der Waals surface area contributed by atoms with Gasteiger partial charge in [0.25, 0.3) is 5.56 Å². The zero-order chi connectivity index (χ0) is 24.0. The van der Waals surface area contributed by atoms with Crippen LogP contribution in [0.3, 0.4) is 0 Å². The predicted octanol–water partition coefficient (Wildman–Crippen LogP) is 6.00. The van der Waals surface area contributed by atoms with Crippen LogP contribution in [-0.4, -0.2) is 31.9 Å². The fourth-order valence-electron chi connectivity index (χ4n) is 3.91. The van der Waals surface area contributed by atoms with Crippen molar-refractivity contribution in [1.82, 2.24) is 18.8 Å². The van der Waals surface area contributed by atoms with E-state index in [1.54, 1.807) is 10.5 Å². The normalized spacial score (nSPS) is 11.9. The van der Waals surface area contributed by atoms with Crippen LogP contribution >= 0.6 is 0 Å². The first-order valence-corrected chi connectivity index (χ1v) is 12.2. The minimum atomic E-state index is -0.0698. The molecular formula is C27H37N5O. The molecule has 176 valence electrons. The second-order valence-electron chi connectivity index (χ2n) is 8.45. The summed E-state index contributed by atoms with van der Waals surface area (Å²) in [5.41, 5.74) is 5.03. The molecule has 0 fully saturated rings. The van der Waals surface area contributed by atoms with E-state index >= 15 is 0 Å². The van der Waals surface area contributed by atoms with Crippen LogP contribution in [0, 0.1) is 12.8 Å². The molecule has 0 spiro atoms. The van der Waals surface area contributed by atoms with Gasteiger partial charge in [-0.1, -0.05) is 41.0 Å². The van der Waals surface area contributed by atoms with Gasteiger partial charge >= 0.3 is 0 Å². The lowest BCUT2D eigenvalue weighted by Gasteiger charge is -2.26. The summed E-state index contributed by atoms with van der Waals surface area (Å²) < 4.78 is 3.63. The lowest BCUT2D eigenvalue weighted by molar-refractivity contribution is 0.510. The lowest BCUT2D eigenvalue weighted by Crippen LogP contribution is -2.27. The Labute approximate surface area is 196 Å². The van der Waals surface area contributed by atoms with Gasteiger partial charge in [0.2, 0.25) is 0 Å². The molecule has 4 aromatic rings. The summed E-state index contributed by atoms with van der Waals surface area (Å²) >= 11 is 0. The van der Waals surface area contributed by atoms with Crippen molar-refractivity contribution in [3.8, 4) is 11.3 Å². The van der Waals surface area contributed by atoms with E-state index in [1.165, 1.54) is 6.42 Å². The zero-order valence-electron chi connectivity index (χ0n) is 20.9. The summed E-state index contributed by atoms with van der Waals surface area (Å²) in [6.07, 6.45) is 9.27. The minimum Gasteiger partial charge on any atom is -0.370 e. The first kappa shape index (κ1) is 24.5. The maximum atomic E-state index is 13.0. The van der Waals surface area contributed by atoms with Gasteiger partial charge in [0.05, 0.1) is 17.1 Å². The Morgan fingerprint density at radius 2 is 1.79 bits per heavy atom. The molecule has 0 N–H and O–H groups in total. The van der Waals surface area contributed by atoms with Crippen LogP contribution in [0.4, 0.5) is 5.69 Å². The second-order valence-corrected chi connectivity index (χ2v) is 8.45. The molecule has 6 heteroatoms.